The summed E-state index contributed by atoms with van der Waals surface area (Å²) in [6.45, 7) is 1.30. The van der Waals surface area contributed by atoms with Gasteiger partial charge in [-0.1, -0.05) is 0 Å². The fourth-order valence-corrected chi connectivity index (χ4v) is 1.88. The van der Waals surface area contributed by atoms with Gasteiger partial charge in [0.05, 0.1) is 18.1 Å². The van der Waals surface area contributed by atoms with Crippen LogP contribution in [0.4, 0.5) is 0 Å². The molecule has 0 radical (unpaired) electrons. The van der Waals surface area contributed by atoms with Gasteiger partial charge in [-0.2, -0.15) is 5.10 Å². The minimum atomic E-state index is 0.576. The molecule has 1 heterocycles. The summed E-state index contributed by atoms with van der Waals surface area (Å²) in [4.78, 5) is 0. The van der Waals surface area contributed by atoms with E-state index >= 15 is 0 Å². The molecule has 1 aromatic carbocycles. The van der Waals surface area contributed by atoms with Crippen LogP contribution in [-0.4, -0.2) is 23.5 Å². The van der Waals surface area contributed by atoms with Crippen molar-refractivity contribution in [3.05, 3.63) is 41.1 Å². The summed E-state index contributed by atoms with van der Waals surface area (Å²) in [6, 6.07) is 7.52. The highest BCUT2D eigenvalue weighted by Crippen LogP contribution is 2.28. The third-order valence-corrected chi connectivity index (χ3v) is 2.90. The van der Waals surface area contributed by atoms with Crippen LogP contribution in [0.15, 0.2) is 41.1 Å². The summed E-state index contributed by atoms with van der Waals surface area (Å²) in [5.41, 5.74) is 0. The Morgan fingerprint density at radius 1 is 1.41 bits per heavy atom. The number of rotatable bonds is 5. The molecule has 90 valence electrons. The van der Waals surface area contributed by atoms with E-state index in [0.717, 1.165) is 22.5 Å². The van der Waals surface area contributed by atoms with Gasteiger partial charge in [-0.3, -0.25) is 4.68 Å². The SMILES string of the molecule is COc1ccc(OCCn2cccn2)c(Br)c1. The smallest absolute Gasteiger partial charge is 0.133 e. The van der Waals surface area contributed by atoms with E-state index in [0.29, 0.717) is 6.61 Å². The van der Waals surface area contributed by atoms with Crippen molar-refractivity contribution in [1.29, 1.82) is 0 Å². The van der Waals surface area contributed by atoms with Crippen LogP contribution in [0.1, 0.15) is 0 Å². The molecule has 2 aromatic rings. The van der Waals surface area contributed by atoms with E-state index in [-0.39, 0.29) is 0 Å². The number of aromatic nitrogens is 2. The third kappa shape index (κ3) is 3.23. The Morgan fingerprint density at radius 3 is 2.94 bits per heavy atom. The van der Waals surface area contributed by atoms with Crippen LogP contribution >= 0.6 is 15.9 Å². The number of methoxy groups -OCH3 is 1. The Kier molecular flexibility index (Phi) is 4.03. The number of benzene rings is 1. The first kappa shape index (κ1) is 12.0. The van der Waals surface area contributed by atoms with E-state index in [9.17, 15) is 0 Å². The molecule has 0 bridgehead atoms. The van der Waals surface area contributed by atoms with Gasteiger partial charge < -0.3 is 9.47 Å². The average molecular weight is 297 g/mol. The van der Waals surface area contributed by atoms with Crippen molar-refractivity contribution in [2.75, 3.05) is 13.7 Å². The lowest BCUT2D eigenvalue weighted by atomic mass is 10.3. The van der Waals surface area contributed by atoms with Gasteiger partial charge in [-0.05, 0) is 40.2 Å². The van der Waals surface area contributed by atoms with Gasteiger partial charge in [-0.25, -0.2) is 0 Å². The molecular weight excluding hydrogens is 284 g/mol. The van der Waals surface area contributed by atoms with Crippen molar-refractivity contribution in [1.82, 2.24) is 9.78 Å². The van der Waals surface area contributed by atoms with E-state index in [2.05, 4.69) is 21.0 Å². The van der Waals surface area contributed by atoms with Crippen molar-refractivity contribution >= 4 is 15.9 Å². The highest BCUT2D eigenvalue weighted by atomic mass is 79.9. The number of halogens is 1. The number of nitrogens with zero attached hydrogens (tertiary/aromatic N) is 2. The van der Waals surface area contributed by atoms with E-state index in [1.807, 2.05) is 35.1 Å². The van der Waals surface area contributed by atoms with Crippen LogP contribution in [-0.2, 0) is 6.54 Å². The first-order valence-corrected chi connectivity index (χ1v) is 6.02. The molecule has 2 rings (SSSR count). The molecule has 0 N–H and O–H groups in total. The molecule has 5 heteroatoms. The minimum absolute atomic E-state index is 0.576. The molecule has 0 unspecified atom stereocenters. The lowest BCUT2D eigenvalue weighted by Crippen LogP contribution is -2.08. The van der Waals surface area contributed by atoms with Crippen LogP contribution in [0.3, 0.4) is 0 Å². The summed E-state index contributed by atoms with van der Waals surface area (Å²) in [7, 11) is 1.64. The van der Waals surface area contributed by atoms with Crippen LogP contribution in [0, 0.1) is 0 Å². The van der Waals surface area contributed by atoms with Gasteiger partial charge in [0.15, 0.2) is 0 Å². The Morgan fingerprint density at radius 2 is 2.29 bits per heavy atom. The highest BCUT2D eigenvalue weighted by molar-refractivity contribution is 9.10. The normalized spacial score (nSPS) is 10.2. The molecule has 0 aliphatic carbocycles. The standard InChI is InChI=1S/C12H13BrN2O2/c1-16-10-3-4-12(11(13)9-10)17-8-7-15-6-2-5-14-15/h2-6,9H,7-8H2,1H3. The highest BCUT2D eigenvalue weighted by Gasteiger charge is 2.02. The van der Waals surface area contributed by atoms with E-state index in [1.165, 1.54) is 0 Å². The molecular formula is C12H13BrN2O2. The van der Waals surface area contributed by atoms with Crippen LogP contribution < -0.4 is 9.47 Å². The monoisotopic (exact) mass is 296 g/mol. The average Bonchev–Trinajstić information content (AvgIpc) is 2.84. The Labute approximate surface area is 108 Å². The van der Waals surface area contributed by atoms with Crippen molar-refractivity contribution in [2.24, 2.45) is 0 Å². The molecule has 0 aliphatic heterocycles. The van der Waals surface area contributed by atoms with E-state index < -0.39 is 0 Å². The molecule has 0 amide bonds. The van der Waals surface area contributed by atoms with Crippen molar-refractivity contribution in [2.45, 2.75) is 6.54 Å². The number of hydrogen-bond acceptors (Lipinski definition) is 3. The van der Waals surface area contributed by atoms with Crippen LogP contribution in [0.25, 0.3) is 0 Å². The van der Waals surface area contributed by atoms with Gasteiger partial charge in [0.2, 0.25) is 0 Å². The largest absolute Gasteiger partial charge is 0.497 e. The fraction of sp³-hybridized carbons (Fsp3) is 0.250. The molecule has 0 fully saturated rings. The third-order valence-electron chi connectivity index (χ3n) is 2.28. The van der Waals surface area contributed by atoms with Gasteiger partial charge in [0, 0.05) is 12.4 Å². The second kappa shape index (κ2) is 5.72. The summed E-state index contributed by atoms with van der Waals surface area (Å²) in [5.74, 6) is 1.61. The van der Waals surface area contributed by atoms with Crippen LogP contribution in [0.5, 0.6) is 11.5 Å². The predicted octanol–water partition coefficient (Wildman–Crippen LogP) is 2.73. The predicted molar refractivity (Wildman–Crippen MR) is 68.4 cm³/mol. The molecule has 17 heavy (non-hydrogen) atoms. The fourth-order valence-electron chi connectivity index (χ4n) is 1.41. The second-order valence-corrected chi connectivity index (χ2v) is 4.27. The van der Waals surface area contributed by atoms with E-state index in [4.69, 9.17) is 9.47 Å². The van der Waals surface area contributed by atoms with Crippen molar-refractivity contribution in [3.8, 4) is 11.5 Å². The maximum absolute atomic E-state index is 5.65. The van der Waals surface area contributed by atoms with Crippen molar-refractivity contribution in [3.63, 3.8) is 0 Å². The Bertz CT molecular complexity index is 471. The maximum Gasteiger partial charge on any atom is 0.133 e. The minimum Gasteiger partial charge on any atom is -0.497 e. The summed E-state index contributed by atoms with van der Waals surface area (Å²) < 4.78 is 13.5. The zero-order valence-electron chi connectivity index (χ0n) is 9.47. The molecule has 1 aromatic heterocycles. The lowest BCUT2D eigenvalue weighted by molar-refractivity contribution is 0.289. The summed E-state index contributed by atoms with van der Waals surface area (Å²) >= 11 is 3.44. The molecule has 0 saturated carbocycles. The summed E-state index contributed by atoms with van der Waals surface area (Å²) in [6.07, 6.45) is 3.66. The van der Waals surface area contributed by atoms with Gasteiger partial charge in [-0.15, -0.1) is 0 Å². The molecule has 0 atom stereocenters. The number of ether oxygens (including phenoxy) is 2. The first-order valence-electron chi connectivity index (χ1n) is 5.23. The molecule has 0 aliphatic rings. The second-order valence-electron chi connectivity index (χ2n) is 3.41. The zero-order chi connectivity index (χ0) is 12.1. The molecule has 0 saturated heterocycles. The maximum atomic E-state index is 5.65. The Balaban J connectivity index is 1.90. The van der Waals surface area contributed by atoms with Crippen LogP contribution in [0.2, 0.25) is 0 Å². The topological polar surface area (TPSA) is 36.3 Å². The first-order chi connectivity index (χ1) is 8.29. The number of hydrogen-bond donors (Lipinski definition) is 0. The van der Waals surface area contributed by atoms with E-state index in [1.54, 1.807) is 13.3 Å². The Hall–Kier alpha value is -1.49. The van der Waals surface area contributed by atoms with Crippen molar-refractivity contribution < 1.29 is 9.47 Å². The van der Waals surface area contributed by atoms with Gasteiger partial charge >= 0.3 is 0 Å². The van der Waals surface area contributed by atoms with Gasteiger partial charge in [0.25, 0.3) is 0 Å². The molecule has 4 nitrogen and oxygen atoms in total. The quantitative estimate of drug-likeness (QED) is 0.851. The summed E-state index contributed by atoms with van der Waals surface area (Å²) in [5, 5.41) is 4.10. The molecule has 0 spiro atoms. The zero-order valence-corrected chi connectivity index (χ0v) is 11.1. The van der Waals surface area contributed by atoms with Gasteiger partial charge in [0.1, 0.15) is 18.1 Å². The lowest BCUT2D eigenvalue weighted by Gasteiger charge is -2.09.